The van der Waals surface area contributed by atoms with Crippen LogP contribution in [0.2, 0.25) is 0 Å². The number of hydrogen-bond acceptors (Lipinski definition) is 5. The SMILES string of the molecule is Brc1cccc(-c2nnc3n2CN(c2cccnc2)CS3)c1. The molecular weight excluding hydrogens is 362 g/mol. The fourth-order valence-electron chi connectivity index (χ4n) is 2.41. The summed E-state index contributed by atoms with van der Waals surface area (Å²) in [5, 5.41) is 9.63. The van der Waals surface area contributed by atoms with Gasteiger partial charge in [-0.15, -0.1) is 10.2 Å². The number of hydrogen-bond donors (Lipinski definition) is 0. The standard InChI is InChI=1S/C15H12BrN5S/c16-12-4-1-3-11(7-12)14-18-19-15-21(14)9-20(10-22-15)13-5-2-6-17-8-13/h1-8H,9-10H2. The van der Waals surface area contributed by atoms with Gasteiger partial charge < -0.3 is 4.90 Å². The second-order valence-electron chi connectivity index (χ2n) is 4.91. The Labute approximate surface area is 140 Å². The molecule has 3 aromatic rings. The number of aromatic nitrogens is 4. The molecule has 1 aliphatic rings. The van der Waals surface area contributed by atoms with Gasteiger partial charge in [0.1, 0.15) is 0 Å². The van der Waals surface area contributed by atoms with Crippen molar-refractivity contribution in [3.63, 3.8) is 0 Å². The van der Waals surface area contributed by atoms with E-state index in [9.17, 15) is 0 Å². The van der Waals surface area contributed by atoms with Gasteiger partial charge in [-0.2, -0.15) is 0 Å². The first kappa shape index (κ1) is 13.8. The van der Waals surface area contributed by atoms with Crippen LogP contribution in [0.3, 0.4) is 0 Å². The molecule has 0 saturated heterocycles. The van der Waals surface area contributed by atoms with Gasteiger partial charge >= 0.3 is 0 Å². The highest BCUT2D eigenvalue weighted by Crippen LogP contribution is 2.31. The molecule has 2 aromatic heterocycles. The molecule has 0 aliphatic carbocycles. The van der Waals surface area contributed by atoms with Crippen molar-refractivity contribution in [1.29, 1.82) is 0 Å². The summed E-state index contributed by atoms with van der Waals surface area (Å²) < 4.78 is 3.18. The summed E-state index contributed by atoms with van der Waals surface area (Å²) in [6.07, 6.45) is 3.67. The zero-order valence-electron chi connectivity index (χ0n) is 11.6. The number of benzene rings is 1. The average Bonchev–Trinajstić information content (AvgIpc) is 2.99. The molecule has 22 heavy (non-hydrogen) atoms. The normalized spacial score (nSPS) is 14.0. The molecule has 0 amide bonds. The molecule has 1 aromatic carbocycles. The monoisotopic (exact) mass is 373 g/mol. The van der Waals surface area contributed by atoms with Crippen LogP contribution in [0.4, 0.5) is 5.69 Å². The minimum atomic E-state index is 0.725. The van der Waals surface area contributed by atoms with Crippen LogP contribution in [-0.2, 0) is 6.67 Å². The average molecular weight is 374 g/mol. The van der Waals surface area contributed by atoms with Crippen molar-refractivity contribution in [2.75, 3.05) is 10.8 Å². The maximum absolute atomic E-state index is 4.37. The Morgan fingerprint density at radius 1 is 1.14 bits per heavy atom. The first-order valence-electron chi connectivity index (χ1n) is 6.78. The highest BCUT2D eigenvalue weighted by Gasteiger charge is 2.22. The Morgan fingerprint density at radius 3 is 2.91 bits per heavy atom. The van der Waals surface area contributed by atoms with E-state index in [0.29, 0.717) is 0 Å². The lowest BCUT2D eigenvalue weighted by molar-refractivity contribution is 0.607. The third-order valence-corrected chi connectivity index (χ3v) is 4.97. The molecule has 1 aliphatic heterocycles. The van der Waals surface area contributed by atoms with Gasteiger partial charge in [0, 0.05) is 16.2 Å². The first-order valence-corrected chi connectivity index (χ1v) is 8.56. The summed E-state index contributed by atoms with van der Waals surface area (Å²) in [6, 6.07) is 12.2. The largest absolute Gasteiger partial charge is 0.342 e. The Bertz CT molecular complexity index is 805. The van der Waals surface area contributed by atoms with E-state index in [-0.39, 0.29) is 0 Å². The van der Waals surface area contributed by atoms with Crippen LogP contribution >= 0.6 is 27.7 Å². The first-order chi connectivity index (χ1) is 10.8. The van der Waals surface area contributed by atoms with E-state index in [1.54, 1.807) is 18.0 Å². The van der Waals surface area contributed by atoms with Crippen LogP contribution < -0.4 is 4.90 Å². The maximum Gasteiger partial charge on any atom is 0.194 e. The third kappa shape index (κ3) is 2.50. The number of halogens is 1. The number of thioether (sulfide) groups is 1. The maximum atomic E-state index is 4.37. The van der Waals surface area contributed by atoms with Crippen molar-refractivity contribution in [2.45, 2.75) is 11.8 Å². The van der Waals surface area contributed by atoms with E-state index in [4.69, 9.17) is 0 Å². The van der Waals surface area contributed by atoms with Crippen molar-refractivity contribution in [3.05, 3.63) is 53.3 Å². The highest BCUT2D eigenvalue weighted by molar-refractivity contribution is 9.10. The van der Waals surface area contributed by atoms with Gasteiger partial charge in [0.2, 0.25) is 0 Å². The van der Waals surface area contributed by atoms with Crippen LogP contribution in [0.25, 0.3) is 11.4 Å². The van der Waals surface area contributed by atoms with Gasteiger partial charge in [0.15, 0.2) is 11.0 Å². The predicted molar refractivity (Wildman–Crippen MR) is 90.6 cm³/mol. The van der Waals surface area contributed by atoms with Gasteiger partial charge in [-0.1, -0.05) is 39.8 Å². The highest BCUT2D eigenvalue weighted by atomic mass is 79.9. The van der Waals surface area contributed by atoms with Crippen molar-refractivity contribution < 1.29 is 0 Å². The second kappa shape index (κ2) is 5.73. The number of pyridine rings is 1. The van der Waals surface area contributed by atoms with Crippen molar-refractivity contribution in [1.82, 2.24) is 19.7 Å². The van der Waals surface area contributed by atoms with Crippen molar-refractivity contribution >= 4 is 33.4 Å². The molecule has 110 valence electrons. The number of rotatable bonds is 2. The third-order valence-electron chi connectivity index (χ3n) is 3.47. The summed E-state index contributed by atoms with van der Waals surface area (Å²) in [7, 11) is 0. The van der Waals surface area contributed by atoms with E-state index >= 15 is 0 Å². The zero-order valence-corrected chi connectivity index (χ0v) is 14.0. The van der Waals surface area contributed by atoms with Crippen molar-refractivity contribution in [2.24, 2.45) is 0 Å². The van der Waals surface area contributed by atoms with Gasteiger partial charge in [0.25, 0.3) is 0 Å². The topological polar surface area (TPSA) is 46.8 Å². The van der Waals surface area contributed by atoms with Crippen LogP contribution in [0.1, 0.15) is 0 Å². The molecule has 0 fully saturated rings. The zero-order chi connectivity index (χ0) is 14.9. The number of fused-ring (bicyclic) bond motifs is 1. The molecule has 0 saturated carbocycles. The summed E-state index contributed by atoms with van der Waals surface area (Å²) in [5.74, 6) is 1.74. The fourth-order valence-corrected chi connectivity index (χ4v) is 3.71. The lowest BCUT2D eigenvalue weighted by Crippen LogP contribution is -2.30. The summed E-state index contributed by atoms with van der Waals surface area (Å²) in [6.45, 7) is 0.725. The Morgan fingerprint density at radius 2 is 2.09 bits per heavy atom. The van der Waals surface area contributed by atoms with Gasteiger partial charge in [0.05, 0.1) is 24.4 Å². The molecule has 0 unspecified atom stereocenters. The molecule has 0 radical (unpaired) electrons. The molecule has 0 bridgehead atoms. The van der Waals surface area contributed by atoms with Crippen LogP contribution in [0, 0.1) is 0 Å². The summed E-state index contributed by atoms with van der Waals surface area (Å²) in [5.41, 5.74) is 2.16. The molecule has 0 spiro atoms. The Kier molecular flexibility index (Phi) is 3.59. The minimum absolute atomic E-state index is 0.725. The summed E-state index contributed by atoms with van der Waals surface area (Å²) in [4.78, 5) is 6.46. The second-order valence-corrected chi connectivity index (χ2v) is 6.74. The minimum Gasteiger partial charge on any atom is -0.342 e. The molecule has 5 nitrogen and oxygen atoms in total. The molecule has 0 N–H and O–H groups in total. The lowest BCUT2D eigenvalue weighted by Gasteiger charge is -2.29. The lowest BCUT2D eigenvalue weighted by atomic mass is 10.2. The molecular formula is C15H12BrN5S. The van der Waals surface area contributed by atoms with E-state index < -0.39 is 0 Å². The van der Waals surface area contributed by atoms with E-state index in [0.717, 1.165) is 39.2 Å². The Hall–Kier alpha value is -1.86. The summed E-state index contributed by atoms with van der Waals surface area (Å²) >= 11 is 5.20. The fraction of sp³-hybridized carbons (Fsp3) is 0.133. The smallest absolute Gasteiger partial charge is 0.194 e. The van der Waals surface area contributed by atoms with Gasteiger partial charge in [-0.05, 0) is 24.3 Å². The molecule has 3 heterocycles. The van der Waals surface area contributed by atoms with E-state index in [2.05, 4.69) is 58.8 Å². The number of anilines is 1. The molecule has 4 rings (SSSR count). The number of nitrogens with zero attached hydrogens (tertiary/aromatic N) is 5. The van der Waals surface area contributed by atoms with Crippen molar-refractivity contribution in [3.8, 4) is 11.4 Å². The van der Waals surface area contributed by atoms with Gasteiger partial charge in [-0.3, -0.25) is 9.55 Å². The molecule has 0 atom stereocenters. The Balaban J connectivity index is 1.71. The molecule has 7 heteroatoms. The quantitative estimate of drug-likeness (QED) is 0.686. The van der Waals surface area contributed by atoms with Crippen LogP contribution in [0.15, 0.2) is 58.4 Å². The van der Waals surface area contributed by atoms with E-state index in [1.807, 2.05) is 24.4 Å². The van der Waals surface area contributed by atoms with Crippen LogP contribution in [-0.4, -0.2) is 25.6 Å². The van der Waals surface area contributed by atoms with E-state index in [1.165, 1.54) is 0 Å². The van der Waals surface area contributed by atoms with Crippen LogP contribution in [0.5, 0.6) is 0 Å². The van der Waals surface area contributed by atoms with Gasteiger partial charge in [-0.25, -0.2) is 0 Å². The predicted octanol–water partition coefficient (Wildman–Crippen LogP) is 3.63.